The number of amides is 1. The van der Waals surface area contributed by atoms with Crippen LogP contribution < -0.4 is 10.1 Å². The van der Waals surface area contributed by atoms with Crippen LogP contribution in [0.5, 0.6) is 11.5 Å². The van der Waals surface area contributed by atoms with Crippen molar-refractivity contribution in [3.8, 4) is 17.6 Å². The summed E-state index contributed by atoms with van der Waals surface area (Å²) in [4.78, 5) is 23.4. The zero-order valence-electron chi connectivity index (χ0n) is 12.0. The molecule has 2 aromatic rings. The highest BCUT2D eigenvalue weighted by Gasteiger charge is 2.17. The molecular weight excluding hydrogens is 323 g/mol. The third kappa shape index (κ3) is 4.05. The molecule has 6 nitrogen and oxygen atoms in total. The number of ether oxygens (including phenoxy) is 2. The van der Waals surface area contributed by atoms with Gasteiger partial charge in [0.1, 0.15) is 12.2 Å². The number of benzene rings is 1. The molecule has 0 radical (unpaired) electrons. The highest BCUT2D eigenvalue weighted by molar-refractivity contribution is 7.12. The summed E-state index contributed by atoms with van der Waals surface area (Å²) in [6.45, 7) is 0. The Labute approximate surface area is 135 Å². The minimum Gasteiger partial charge on any atom is -0.465 e. The predicted octanol–water partition coefficient (Wildman–Crippen LogP) is 3.32. The van der Waals surface area contributed by atoms with Crippen molar-refractivity contribution in [3.05, 3.63) is 40.3 Å². The van der Waals surface area contributed by atoms with Crippen LogP contribution in [0.3, 0.4) is 0 Å². The van der Waals surface area contributed by atoms with Gasteiger partial charge in [0, 0.05) is 6.07 Å². The van der Waals surface area contributed by atoms with Crippen LogP contribution in [-0.2, 0) is 9.53 Å². The van der Waals surface area contributed by atoms with Gasteiger partial charge in [0.2, 0.25) is 5.91 Å². The smallest absolute Gasteiger partial charge is 0.351 e. The molecule has 1 heterocycles. The molecule has 0 fully saturated rings. The van der Waals surface area contributed by atoms with Crippen LogP contribution in [0.2, 0.25) is 0 Å². The average Bonchev–Trinajstić information content (AvgIpc) is 2.97. The van der Waals surface area contributed by atoms with E-state index in [0.29, 0.717) is 0 Å². The first kappa shape index (κ1) is 16.5. The van der Waals surface area contributed by atoms with E-state index in [0.717, 1.165) is 23.5 Å². The van der Waals surface area contributed by atoms with Gasteiger partial charge >= 0.3 is 5.97 Å². The Hall–Kier alpha value is -2.92. The topological polar surface area (TPSA) is 88.4 Å². The van der Waals surface area contributed by atoms with Crippen LogP contribution in [0.25, 0.3) is 0 Å². The number of esters is 1. The summed E-state index contributed by atoms with van der Waals surface area (Å²) in [6.07, 6.45) is -0.373. The number of nitrogens with one attached hydrogen (secondary N) is 1. The summed E-state index contributed by atoms with van der Waals surface area (Å²) >= 11 is 1.13. The molecule has 0 atom stereocenters. The summed E-state index contributed by atoms with van der Waals surface area (Å²) in [7, 11) is 1.25. The Kier molecular flexibility index (Phi) is 5.28. The Morgan fingerprint density at radius 2 is 2.13 bits per heavy atom. The van der Waals surface area contributed by atoms with Crippen molar-refractivity contribution in [3.63, 3.8) is 0 Å². The number of anilines is 1. The maximum atomic E-state index is 13.4. The fourth-order valence-electron chi connectivity index (χ4n) is 1.69. The standard InChI is InChI=1S/C15H11FN2O4S/c1-21-15(20)14-12(5-7-23-14)22-11-3-2-9(16)8-10(11)18-13(19)4-6-17/h2-3,5,7-8H,4H2,1H3,(H,18,19). The van der Waals surface area contributed by atoms with Crippen LogP contribution in [0, 0.1) is 17.1 Å². The molecule has 1 N–H and O–H groups in total. The molecule has 0 spiro atoms. The van der Waals surface area contributed by atoms with Crippen molar-refractivity contribution >= 4 is 28.9 Å². The van der Waals surface area contributed by atoms with Gasteiger partial charge in [0.25, 0.3) is 0 Å². The second-order valence-corrected chi connectivity index (χ2v) is 5.15. The first-order chi connectivity index (χ1) is 11.0. The summed E-state index contributed by atoms with van der Waals surface area (Å²) in [5.41, 5.74) is 0.0623. The van der Waals surface area contributed by atoms with Gasteiger partial charge in [-0.05, 0) is 23.6 Å². The molecule has 0 saturated heterocycles. The Balaban J connectivity index is 2.30. The fraction of sp³-hybridized carbons (Fsp3) is 0.133. The van der Waals surface area contributed by atoms with Gasteiger partial charge < -0.3 is 14.8 Å². The van der Waals surface area contributed by atoms with E-state index in [1.54, 1.807) is 17.5 Å². The zero-order chi connectivity index (χ0) is 16.8. The Morgan fingerprint density at radius 3 is 2.83 bits per heavy atom. The molecule has 0 aliphatic carbocycles. The van der Waals surface area contributed by atoms with E-state index < -0.39 is 17.7 Å². The van der Waals surface area contributed by atoms with Crippen LogP contribution in [-0.4, -0.2) is 19.0 Å². The van der Waals surface area contributed by atoms with E-state index in [-0.39, 0.29) is 28.5 Å². The van der Waals surface area contributed by atoms with E-state index >= 15 is 0 Å². The van der Waals surface area contributed by atoms with Crippen molar-refractivity contribution in [1.29, 1.82) is 5.26 Å². The SMILES string of the molecule is COC(=O)c1sccc1Oc1ccc(F)cc1NC(=O)CC#N. The maximum Gasteiger partial charge on any atom is 0.351 e. The van der Waals surface area contributed by atoms with E-state index in [2.05, 4.69) is 10.1 Å². The molecule has 23 heavy (non-hydrogen) atoms. The van der Waals surface area contributed by atoms with E-state index in [1.807, 2.05) is 0 Å². The van der Waals surface area contributed by atoms with Gasteiger partial charge in [-0.3, -0.25) is 4.79 Å². The van der Waals surface area contributed by atoms with Crippen molar-refractivity contribution in [2.24, 2.45) is 0 Å². The van der Waals surface area contributed by atoms with E-state index in [1.165, 1.54) is 13.2 Å². The van der Waals surface area contributed by atoms with E-state index in [9.17, 15) is 14.0 Å². The second kappa shape index (κ2) is 7.38. The number of hydrogen-bond acceptors (Lipinski definition) is 6. The lowest BCUT2D eigenvalue weighted by Crippen LogP contribution is -2.11. The normalized spacial score (nSPS) is 9.78. The van der Waals surface area contributed by atoms with E-state index in [4.69, 9.17) is 10.00 Å². The number of carbonyl (C=O) groups is 2. The second-order valence-electron chi connectivity index (χ2n) is 4.23. The lowest BCUT2D eigenvalue weighted by molar-refractivity contribution is -0.115. The molecule has 1 aromatic carbocycles. The van der Waals surface area contributed by atoms with Crippen molar-refractivity contribution in [2.45, 2.75) is 6.42 Å². The van der Waals surface area contributed by atoms with Gasteiger partial charge in [-0.25, -0.2) is 9.18 Å². The quantitative estimate of drug-likeness (QED) is 0.847. The van der Waals surface area contributed by atoms with Crippen molar-refractivity contribution in [2.75, 3.05) is 12.4 Å². The monoisotopic (exact) mass is 334 g/mol. The molecule has 0 aliphatic rings. The van der Waals surface area contributed by atoms with Crippen molar-refractivity contribution in [1.82, 2.24) is 0 Å². The van der Waals surface area contributed by atoms with Crippen LogP contribution in [0.4, 0.5) is 10.1 Å². The first-order valence-electron chi connectivity index (χ1n) is 6.35. The lowest BCUT2D eigenvalue weighted by Gasteiger charge is -2.12. The van der Waals surface area contributed by atoms with Crippen molar-refractivity contribution < 1.29 is 23.5 Å². The third-order valence-corrected chi connectivity index (χ3v) is 3.55. The minimum atomic E-state index is -0.596. The van der Waals surface area contributed by atoms with Crippen LogP contribution in [0.15, 0.2) is 29.6 Å². The molecular formula is C15H11FN2O4S. The maximum absolute atomic E-state index is 13.4. The van der Waals surface area contributed by atoms with Gasteiger partial charge in [-0.15, -0.1) is 11.3 Å². The molecule has 118 valence electrons. The zero-order valence-corrected chi connectivity index (χ0v) is 12.8. The number of methoxy groups -OCH3 is 1. The van der Waals surface area contributed by atoms with Crippen LogP contribution >= 0.6 is 11.3 Å². The molecule has 2 rings (SSSR count). The molecule has 1 aromatic heterocycles. The highest BCUT2D eigenvalue weighted by atomic mass is 32.1. The number of thiophene rings is 1. The minimum absolute atomic E-state index is 0.0623. The number of nitriles is 1. The van der Waals surface area contributed by atoms with Gasteiger partial charge in [0.15, 0.2) is 16.4 Å². The summed E-state index contributed by atoms with van der Waals surface area (Å²) < 4.78 is 23.6. The predicted molar refractivity (Wildman–Crippen MR) is 81.0 cm³/mol. The number of hydrogen-bond donors (Lipinski definition) is 1. The number of halogens is 1. The first-order valence-corrected chi connectivity index (χ1v) is 7.23. The molecule has 0 aliphatic heterocycles. The Morgan fingerprint density at radius 1 is 1.35 bits per heavy atom. The summed E-state index contributed by atoms with van der Waals surface area (Å²) in [5.74, 6) is -1.37. The lowest BCUT2D eigenvalue weighted by atomic mass is 10.2. The summed E-state index contributed by atoms with van der Waals surface area (Å²) in [6, 6.07) is 6.78. The Bertz CT molecular complexity index is 782. The largest absolute Gasteiger partial charge is 0.465 e. The summed E-state index contributed by atoms with van der Waals surface area (Å²) in [5, 5.41) is 12.5. The van der Waals surface area contributed by atoms with Gasteiger partial charge in [-0.1, -0.05) is 0 Å². The molecule has 0 unspecified atom stereocenters. The van der Waals surface area contributed by atoms with Crippen LogP contribution in [0.1, 0.15) is 16.1 Å². The van der Waals surface area contributed by atoms with Gasteiger partial charge in [-0.2, -0.15) is 5.26 Å². The fourth-order valence-corrected chi connectivity index (χ4v) is 2.43. The molecule has 1 amide bonds. The molecule has 0 saturated carbocycles. The van der Waals surface area contributed by atoms with Gasteiger partial charge in [0.05, 0.1) is 18.9 Å². The number of rotatable bonds is 5. The average molecular weight is 334 g/mol. The molecule has 0 bridgehead atoms. The number of carbonyl (C=O) groups excluding carboxylic acids is 2. The third-order valence-electron chi connectivity index (χ3n) is 2.68. The molecule has 8 heteroatoms. The highest BCUT2D eigenvalue weighted by Crippen LogP contribution is 2.34. The number of nitrogens with zero attached hydrogens (tertiary/aromatic N) is 1.